The molecule has 154 valence electrons. The molecule has 8 heteroatoms. The molecule has 0 saturated heterocycles. The van der Waals surface area contributed by atoms with Gasteiger partial charge in [-0.1, -0.05) is 29.8 Å². The van der Waals surface area contributed by atoms with Crippen LogP contribution < -0.4 is 10.9 Å². The van der Waals surface area contributed by atoms with Crippen molar-refractivity contribution in [3.63, 3.8) is 0 Å². The van der Waals surface area contributed by atoms with Crippen LogP contribution in [0, 0.1) is 11.7 Å². The third kappa shape index (κ3) is 4.27. The zero-order chi connectivity index (χ0) is 21.3. The van der Waals surface area contributed by atoms with E-state index in [0.29, 0.717) is 35.7 Å². The van der Waals surface area contributed by atoms with E-state index in [9.17, 15) is 19.1 Å². The highest BCUT2D eigenvalue weighted by Crippen LogP contribution is 2.26. The largest absolute Gasteiger partial charge is 0.393 e. The minimum Gasteiger partial charge on any atom is -0.393 e. The van der Waals surface area contributed by atoms with E-state index in [2.05, 4.69) is 10.4 Å². The SMILES string of the molecule is O=C(NC[C@H]1C[C@H](O)C1)c1cc(-c2ccc(Cl)cc2)nn(-c2cccc(F)c2)c1=O. The van der Waals surface area contributed by atoms with Crippen molar-refractivity contribution in [1.29, 1.82) is 0 Å². The first kappa shape index (κ1) is 20.3. The van der Waals surface area contributed by atoms with Crippen LogP contribution in [0.15, 0.2) is 59.4 Å². The fourth-order valence-corrected chi connectivity index (χ4v) is 3.53. The Hall–Kier alpha value is -3.03. The molecule has 1 amide bonds. The standard InChI is InChI=1S/C22H19ClFN3O3/c23-15-6-4-14(5-7-15)20-11-19(21(29)25-12-13-8-18(28)9-13)22(30)27(26-20)17-3-1-2-16(24)10-17/h1-7,10-11,13,18,28H,8-9,12H2,(H,25,29)/t13-,18-. The number of carbonyl (C=O) groups is 1. The molecule has 1 aliphatic rings. The van der Waals surface area contributed by atoms with E-state index in [0.717, 1.165) is 4.68 Å². The molecule has 0 spiro atoms. The van der Waals surface area contributed by atoms with Gasteiger partial charge in [-0.15, -0.1) is 0 Å². The Morgan fingerprint density at radius 1 is 1.20 bits per heavy atom. The lowest BCUT2D eigenvalue weighted by Gasteiger charge is -2.31. The average Bonchev–Trinajstić information content (AvgIpc) is 2.71. The molecule has 1 fully saturated rings. The van der Waals surface area contributed by atoms with E-state index in [1.807, 2.05) is 0 Å². The summed E-state index contributed by atoms with van der Waals surface area (Å²) in [5, 5.41) is 17.0. The number of aliphatic hydroxyl groups excluding tert-OH is 1. The van der Waals surface area contributed by atoms with Gasteiger partial charge in [0.05, 0.1) is 17.5 Å². The molecular weight excluding hydrogens is 409 g/mol. The normalized spacial score (nSPS) is 18.0. The van der Waals surface area contributed by atoms with Crippen LogP contribution in [0.1, 0.15) is 23.2 Å². The summed E-state index contributed by atoms with van der Waals surface area (Å²) >= 11 is 5.95. The summed E-state index contributed by atoms with van der Waals surface area (Å²) in [5.41, 5.74) is 0.496. The quantitative estimate of drug-likeness (QED) is 0.655. The van der Waals surface area contributed by atoms with Gasteiger partial charge in [0, 0.05) is 17.1 Å². The van der Waals surface area contributed by atoms with Gasteiger partial charge >= 0.3 is 0 Å². The molecule has 1 aliphatic carbocycles. The summed E-state index contributed by atoms with van der Waals surface area (Å²) in [6, 6.07) is 13.7. The molecule has 4 rings (SSSR count). The van der Waals surface area contributed by atoms with Crippen LogP contribution in [0.4, 0.5) is 4.39 Å². The summed E-state index contributed by atoms with van der Waals surface area (Å²) in [5.74, 6) is -0.872. The second kappa shape index (κ2) is 8.38. The smallest absolute Gasteiger partial charge is 0.284 e. The number of rotatable bonds is 5. The summed E-state index contributed by atoms with van der Waals surface area (Å²) in [7, 11) is 0. The van der Waals surface area contributed by atoms with Crippen LogP contribution in [0.3, 0.4) is 0 Å². The van der Waals surface area contributed by atoms with E-state index in [1.165, 1.54) is 24.3 Å². The number of hydrogen-bond donors (Lipinski definition) is 2. The van der Waals surface area contributed by atoms with Crippen LogP contribution >= 0.6 is 11.6 Å². The first-order chi connectivity index (χ1) is 14.4. The highest BCUT2D eigenvalue weighted by Gasteiger charge is 2.28. The van der Waals surface area contributed by atoms with E-state index >= 15 is 0 Å². The summed E-state index contributed by atoms with van der Waals surface area (Å²) < 4.78 is 14.8. The van der Waals surface area contributed by atoms with Crippen molar-refractivity contribution in [1.82, 2.24) is 15.1 Å². The van der Waals surface area contributed by atoms with Gasteiger partial charge in [-0.3, -0.25) is 9.59 Å². The van der Waals surface area contributed by atoms with Gasteiger partial charge in [0.2, 0.25) is 0 Å². The number of benzene rings is 2. The van der Waals surface area contributed by atoms with Gasteiger partial charge < -0.3 is 10.4 Å². The Morgan fingerprint density at radius 2 is 1.93 bits per heavy atom. The third-order valence-electron chi connectivity index (χ3n) is 5.11. The molecular formula is C22H19ClFN3O3. The number of halogens is 2. The molecule has 30 heavy (non-hydrogen) atoms. The molecule has 0 bridgehead atoms. The second-order valence-electron chi connectivity index (χ2n) is 7.35. The maximum absolute atomic E-state index is 13.7. The maximum atomic E-state index is 13.7. The lowest BCUT2D eigenvalue weighted by Crippen LogP contribution is -2.40. The zero-order valence-electron chi connectivity index (χ0n) is 15.9. The minimum atomic E-state index is -0.649. The fraction of sp³-hybridized carbons (Fsp3) is 0.227. The van der Waals surface area contributed by atoms with Crippen molar-refractivity contribution in [2.45, 2.75) is 18.9 Å². The highest BCUT2D eigenvalue weighted by molar-refractivity contribution is 6.30. The van der Waals surface area contributed by atoms with E-state index < -0.39 is 17.3 Å². The molecule has 0 radical (unpaired) electrons. The van der Waals surface area contributed by atoms with Crippen molar-refractivity contribution >= 4 is 17.5 Å². The lowest BCUT2D eigenvalue weighted by molar-refractivity contribution is 0.0420. The Labute approximate surface area is 176 Å². The number of aromatic nitrogens is 2. The summed E-state index contributed by atoms with van der Waals surface area (Å²) in [6.45, 7) is 0.369. The molecule has 2 N–H and O–H groups in total. The van der Waals surface area contributed by atoms with Crippen molar-refractivity contribution in [2.75, 3.05) is 6.54 Å². The van der Waals surface area contributed by atoms with Gasteiger partial charge in [-0.2, -0.15) is 9.78 Å². The van der Waals surface area contributed by atoms with Crippen LogP contribution in [0.25, 0.3) is 16.9 Å². The molecule has 1 saturated carbocycles. The first-order valence-electron chi connectivity index (χ1n) is 9.53. The third-order valence-corrected chi connectivity index (χ3v) is 5.36. The number of aliphatic hydroxyl groups is 1. The highest BCUT2D eigenvalue weighted by atomic mass is 35.5. The molecule has 3 aromatic rings. The van der Waals surface area contributed by atoms with Gasteiger partial charge in [0.15, 0.2) is 0 Å². The van der Waals surface area contributed by atoms with Crippen LogP contribution in [-0.2, 0) is 0 Å². The Kier molecular flexibility index (Phi) is 5.65. The number of nitrogens with zero attached hydrogens (tertiary/aromatic N) is 2. The summed E-state index contributed by atoms with van der Waals surface area (Å²) in [6.07, 6.45) is 0.926. The number of nitrogens with one attached hydrogen (secondary N) is 1. The predicted octanol–water partition coefficient (Wildman–Crippen LogP) is 3.19. The van der Waals surface area contributed by atoms with Crippen LogP contribution in [0.2, 0.25) is 5.02 Å². The molecule has 2 aromatic carbocycles. The minimum absolute atomic E-state index is 0.0981. The lowest BCUT2D eigenvalue weighted by atomic mass is 9.82. The summed E-state index contributed by atoms with van der Waals surface area (Å²) in [4.78, 5) is 25.8. The number of amides is 1. The Morgan fingerprint density at radius 3 is 2.60 bits per heavy atom. The van der Waals surface area contributed by atoms with Crippen LogP contribution in [0.5, 0.6) is 0 Å². The van der Waals surface area contributed by atoms with E-state index in [4.69, 9.17) is 11.6 Å². The number of carbonyl (C=O) groups excluding carboxylic acids is 1. The van der Waals surface area contributed by atoms with Gasteiger partial charge in [-0.25, -0.2) is 4.39 Å². The predicted molar refractivity (Wildman–Crippen MR) is 111 cm³/mol. The molecule has 1 heterocycles. The average molecular weight is 428 g/mol. The van der Waals surface area contributed by atoms with Gasteiger partial charge in [-0.05, 0) is 55.2 Å². The van der Waals surface area contributed by atoms with Crippen molar-refractivity contribution in [3.05, 3.63) is 81.4 Å². The Bertz CT molecular complexity index is 1140. The Balaban J connectivity index is 1.74. The number of hydrogen-bond acceptors (Lipinski definition) is 4. The molecule has 0 aliphatic heterocycles. The van der Waals surface area contributed by atoms with Crippen LogP contribution in [-0.4, -0.2) is 33.4 Å². The van der Waals surface area contributed by atoms with Crippen molar-refractivity contribution < 1.29 is 14.3 Å². The van der Waals surface area contributed by atoms with E-state index in [1.54, 1.807) is 30.3 Å². The van der Waals surface area contributed by atoms with Gasteiger partial charge in [0.1, 0.15) is 11.4 Å². The zero-order valence-corrected chi connectivity index (χ0v) is 16.6. The second-order valence-corrected chi connectivity index (χ2v) is 7.78. The first-order valence-corrected chi connectivity index (χ1v) is 9.91. The molecule has 6 nitrogen and oxygen atoms in total. The monoisotopic (exact) mass is 427 g/mol. The topological polar surface area (TPSA) is 84.2 Å². The fourth-order valence-electron chi connectivity index (χ4n) is 3.40. The molecule has 1 aromatic heterocycles. The molecule has 0 unspecified atom stereocenters. The van der Waals surface area contributed by atoms with Crippen molar-refractivity contribution in [3.8, 4) is 16.9 Å². The van der Waals surface area contributed by atoms with E-state index in [-0.39, 0.29) is 23.3 Å². The molecule has 0 atom stereocenters. The van der Waals surface area contributed by atoms with Gasteiger partial charge in [0.25, 0.3) is 11.5 Å². The maximum Gasteiger partial charge on any atom is 0.284 e. The van der Waals surface area contributed by atoms with Crippen molar-refractivity contribution in [2.24, 2.45) is 5.92 Å².